The molecule has 0 amide bonds. The van der Waals surface area contributed by atoms with Crippen molar-refractivity contribution in [3.05, 3.63) is 60.7 Å². The lowest BCUT2D eigenvalue weighted by Crippen LogP contribution is -3.12. The van der Waals surface area contributed by atoms with E-state index in [4.69, 9.17) is 4.74 Å². The van der Waals surface area contributed by atoms with Gasteiger partial charge in [0.1, 0.15) is 5.75 Å². The molecular weight excluding hydrogens is 572 g/mol. The zero-order chi connectivity index (χ0) is 33.3. The van der Waals surface area contributed by atoms with E-state index in [2.05, 4.69) is 76.2 Å². The predicted octanol–water partition coefficient (Wildman–Crippen LogP) is 8.84. The number of likely N-dealkylation sites (tertiary alicyclic amines) is 1. The summed E-state index contributed by atoms with van der Waals surface area (Å²) >= 11 is 0. The Hall–Kier alpha value is -2.10. The molecule has 2 heterocycles. The van der Waals surface area contributed by atoms with E-state index >= 15 is 0 Å². The molecule has 4 rings (SSSR count). The van der Waals surface area contributed by atoms with Crippen molar-refractivity contribution in [2.24, 2.45) is 29.6 Å². The number of unbranched alkanes of at least 4 members (excludes halogenated alkanes) is 4. The Morgan fingerprint density at radius 3 is 2.30 bits per heavy atom. The lowest BCUT2D eigenvalue weighted by molar-refractivity contribution is -0.894. The number of rotatable bonds is 12. The maximum atomic E-state index is 5.38. The zero-order valence-corrected chi connectivity index (χ0v) is 31.0. The van der Waals surface area contributed by atoms with Crippen LogP contribution in [0.4, 0.5) is 0 Å². The third-order valence-electron chi connectivity index (χ3n) is 11.7. The van der Waals surface area contributed by atoms with Crippen LogP contribution in [0.5, 0.6) is 5.75 Å². The van der Waals surface area contributed by atoms with Crippen molar-refractivity contribution < 1.29 is 14.5 Å². The van der Waals surface area contributed by atoms with Gasteiger partial charge in [-0.3, -0.25) is 0 Å². The van der Waals surface area contributed by atoms with E-state index in [1.165, 1.54) is 152 Å². The maximum Gasteiger partial charge on any atom is 0.119 e. The minimum absolute atomic E-state index is 0.621. The summed E-state index contributed by atoms with van der Waals surface area (Å²) in [6.07, 6.45) is 31.2. The first-order valence-electron chi connectivity index (χ1n) is 20.0. The molecule has 0 aliphatic carbocycles. The Balaban J connectivity index is 1.22. The van der Waals surface area contributed by atoms with Crippen LogP contribution < -0.4 is 14.5 Å². The Morgan fingerprint density at radius 1 is 0.809 bits per heavy atom. The molecule has 2 bridgehead atoms. The number of methoxy groups -OCH3 is 1. The van der Waals surface area contributed by atoms with Crippen LogP contribution >= 0.6 is 0 Å². The van der Waals surface area contributed by atoms with Crippen LogP contribution in [-0.2, 0) is 0 Å². The Bertz CT molecular complexity index is 1190. The highest BCUT2D eigenvalue weighted by Crippen LogP contribution is 2.33. The molecule has 2 aromatic rings. The SMILES string of the molecule is C=C[C@H]1[C@H](CCCCCCC[C@H](C)/C=C/c2ccc3cc(OC)ccc3c2)C[NH+](C)CCCCCCCCCC[C@H]2C[C@@H]1C[NH+](C)C2. The molecule has 0 radical (unpaired) electrons. The second kappa shape index (κ2) is 21.1. The van der Waals surface area contributed by atoms with Gasteiger partial charge in [-0.25, -0.2) is 0 Å². The van der Waals surface area contributed by atoms with Gasteiger partial charge in [-0.1, -0.05) is 114 Å². The molecule has 262 valence electrons. The van der Waals surface area contributed by atoms with E-state index in [9.17, 15) is 0 Å². The number of piperidine rings is 1. The van der Waals surface area contributed by atoms with Gasteiger partial charge in [-0.05, 0) is 84.9 Å². The van der Waals surface area contributed by atoms with Gasteiger partial charge in [0.05, 0.1) is 47.4 Å². The third kappa shape index (κ3) is 13.4. The van der Waals surface area contributed by atoms with Crippen molar-refractivity contribution in [1.82, 2.24) is 0 Å². The van der Waals surface area contributed by atoms with Crippen LogP contribution in [0.1, 0.15) is 122 Å². The number of hydrogen-bond acceptors (Lipinski definition) is 1. The molecule has 2 N–H and O–H groups in total. The summed E-state index contributed by atoms with van der Waals surface area (Å²) in [5.74, 6) is 4.77. The van der Waals surface area contributed by atoms with Gasteiger partial charge in [0.15, 0.2) is 0 Å². The summed E-state index contributed by atoms with van der Waals surface area (Å²) in [6, 6.07) is 13.0. The topological polar surface area (TPSA) is 18.1 Å². The summed E-state index contributed by atoms with van der Waals surface area (Å²) in [7, 11) is 6.68. The first kappa shape index (κ1) is 37.7. The molecule has 2 aliphatic heterocycles. The first-order valence-corrected chi connectivity index (χ1v) is 20.0. The fraction of sp³-hybridized carbons (Fsp3) is 0.682. The monoisotopic (exact) mass is 645 g/mol. The Morgan fingerprint density at radius 2 is 1.51 bits per heavy atom. The molecule has 2 aromatic carbocycles. The van der Waals surface area contributed by atoms with E-state index < -0.39 is 0 Å². The van der Waals surface area contributed by atoms with Crippen molar-refractivity contribution in [2.75, 3.05) is 47.4 Å². The molecule has 0 aromatic heterocycles. The van der Waals surface area contributed by atoms with Gasteiger partial charge < -0.3 is 14.5 Å². The molecule has 0 spiro atoms. The van der Waals surface area contributed by atoms with Crippen LogP contribution in [-0.4, -0.2) is 47.4 Å². The molecular formula is C44H72N2O+2. The van der Waals surface area contributed by atoms with Crippen molar-refractivity contribution in [3.8, 4) is 5.75 Å². The van der Waals surface area contributed by atoms with Gasteiger partial charge in [-0.15, -0.1) is 6.58 Å². The van der Waals surface area contributed by atoms with E-state index in [-0.39, 0.29) is 0 Å². The highest BCUT2D eigenvalue weighted by molar-refractivity contribution is 5.86. The predicted molar refractivity (Wildman–Crippen MR) is 205 cm³/mol. The third-order valence-corrected chi connectivity index (χ3v) is 11.7. The van der Waals surface area contributed by atoms with Crippen LogP contribution in [0, 0.1) is 29.6 Å². The zero-order valence-electron chi connectivity index (χ0n) is 31.0. The molecule has 7 atom stereocenters. The number of benzene rings is 2. The number of ether oxygens (including phenoxy) is 1. The fourth-order valence-electron chi connectivity index (χ4n) is 9.05. The number of hydrogen-bond donors (Lipinski definition) is 2. The smallest absolute Gasteiger partial charge is 0.119 e. The van der Waals surface area contributed by atoms with Crippen LogP contribution in [0.2, 0.25) is 0 Å². The average molecular weight is 645 g/mol. The Kier molecular flexibility index (Phi) is 16.9. The van der Waals surface area contributed by atoms with Gasteiger partial charge in [0, 0.05) is 17.8 Å². The molecule has 2 aliphatic rings. The van der Waals surface area contributed by atoms with Crippen LogP contribution in [0.25, 0.3) is 16.8 Å². The van der Waals surface area contributed by atoms with E-state index in [0.717, 1.165) is 23.5 Å². The second-order valence-corrected chi connectivity index (χ2v) is 16.0. The number of allylic oxidation sites excluding steroid dienone is 2. The minimum Gasteiger partial charge on any atom is -0.497 e. The number of fused-ring (bicyclic) bond motifs is 3. The standard InChI is InChI=1S/C44H70N2O/c1-6-44-41(34-45(3)29-19-15-10-8-7-9-13-17-21-38-31-42(44)35-46(4)33-38)22-18-14-11-12-16-20-36(2)23-24-37-25-26-40-32-43(47-5)28-27-39(40)30-37/h6,23-28,30,32,36,38,41-42,44H,1,7-22,29,31,33-35H2,2-5H3/p+2/b24-23+/t36-,38-,41+,42+,44-/m0/s1. The van der Waals surface area contributed by atoms with Gasteiger partial charge in [-0.2, -0.15) is 0 Å². The quantitative estimate of drug-likeness (QED) is 0.175. The maximum absolute atomic E-state index is 5.38. The number of quaternary nitrogens is 2. The lowest BCUT2D eigenvalue weighted by atomic mass is 9.72. The highest BCUT2D eigenvalue weighted by Gasteiger charge is 2.36. The second-order valence-electron chi connectivity index (χ2n) is 16.0. The van der Waals surface area contributed by atoms with Crippen molar-refractivity contribution in [3.63, 3.8) is 0 Å². The normalized spacial score (nSPS) is 27.7. The molecule has 0 saturated carbocycles. The number of nitrogens with one attached hydrogen (secondary N) is 2. The van der Waals surface area contributed by atoms with Gasteiger partial charge in [0.25, 0.3) is 0 Å². The molecule has 3 nitrogen and oxygen atoms in total. The summed E-state index contributed by atoms with van der Waals surface area (Å²) in [4.78, 5) is 3.54. The van der Waals surface area contributed by atoms with Crippen molar-refractivity contribution >= 4 is 16.8 Å². The summed E-state index contributed by atoms with van der Waals surface area (Å²) in [5.41, 5.74) is 1.29. The molecule has 2 unspecified atom stereocenters. The van der Waals surface area contributed by atoms with E-state index in [0.29, 0.717) is 11.8 Å². The summed E-state index contributed by atoms with van der Waals surface area (Å²) in [5, 5.41) is 2.50. The average Bonchev–Trinajstić information content (AvgIpc) is 3.07. The fourth-order valence-corrected chi connectivity index (χ4v) is 9.05. The van der Waals surface area contributed by atoms with Gasteiger partial charge >= 0.3 is 0 Å². The summed E-state index contributed by atoms with van der Waals surface area (Å²) < 4.78 is 5.38. The molecule has 2 fully saturated rings. The largest absolute Gasteiger partial charge is 0.497 e. The lowest BCUT2D eigenvalue weighted by Gasteiger charge is -2.39. The molecule has 47 heavy (non-hydrogen) atoms. The van der Waals surface area contributed by atoms with E-state index in [1.807, 2.05) is 6.07 Å². The van der Waals surface area contributed by atoms with Gasteiger partial charge in [0.2, 0.25) is 0 Å². The van der Waals surface area contributed by atoms with Crippen LogP contribution in [0.3, 0.4) is 0 Å². The first-order chi connectivity index (χ1) is 22.9. The van der Waals surface area contributed by atoms with Crippen molar-refractivity contribution in [1.29, 1.82) is 0 Å². The highest BCUT2D eigenvalue weighted by atomic mass is 16.5. The molecule has 3 heteroatoms. The Labute approximate surface area is 290 Å². The molecule has 2 saturated heterocycles. The summed E-state index contributed by atoms with van der Waals surface area (Å²) in [6.45, 7) is 12.3. The van der Waals surface area contributed by atoms with E-state index in [1.54, 1.807) is 16.9 Å². The van der Waals surface area contributed by atoms with Crippen molar-refractivity contribution in [2.45, 2.75) is 116 Å². The van der Waals surface area contributed by atoms with Crippen LogP contribution in [0.15, 0.2) is 55.1 Å². The minimum atomic E-state index is 0.621.